The summed E-state index contributed by atoms with van der Waals surface area (Å²) >= 11 is 0. The van der Waals surface area contributed by atoms with E-state index in [2.05, 4.69) is 24.3 Å². The third kappa shape index (κ3) is 3.32. The number of hydrogen-bond donors (Lipinski definition) is 2. The maximum atomic E-state index is 9.72. The molecule has 92 valence electrons. The Morgan fingerprint density at radius 2 is 2.31 bits per heavy atom. The van der Waals surface area contributed by atoms with E-state index in [0.29, 0.717) is 0 Å². The average Bonchev–Trinajstić information content (AvgIpc) is 2.63. The maximum Gasteiger partial charge on any atom is 0.0577 e. The van der Waals surface area contributed by atoms with Crippen LogP contribution in [0.15, 0.2) is 12.4 Å². The topological polar surface area (TPSA) is 50.1 Å². The van der Waals surface area contributed by atoms with Crippen LogP contribution in [0.4, 0.5) is 0 Å². The molecular formula is C12H23N3O. The smallest absolute Gasteiger partial charge is 0.0577 e. The van der Waals surface area contributed by atoms with E-state index in [9.17, 15) is 5.11 Å². The Hall–Kier alpha value is -0.870. The van der Waals surface area contributed by atoms with Gasteiger partial charge in [-0.3, -0.25) is 4.68 Å². The van der Waals surface area contributed by atoms with E-state index in [1.807, 2.05) is 26.4 Å². The highest BCUT2D eigenvalue weighted by atomic mass is 16.3. The van der Waals surface area contributed by atoms with Crippen LogP contribution in [-0.2, 0) is 13.6 Å². The number of nitrogens with one attached hydrogen (secondary N) is 1. The molecule has 4 heteroatoms. The summed E-state index contributed by atoms with van der Waals surface area (Å²) in [7, 11) is 1.91. The van der Waals surface area contributed by atoms with Gasteiger partial charge in [0, 0.05) is 37.3 Å². The number of hydrogen-bond acceptors (Lipinski definition) is 3. The summed E-state index contributed by atoms with van der Waals surface area (Å²) < 4.78 is 1.80. The number of aromatic nitrogens is 2. The van der Waals surface area contributed by atoms with Crippen LogP contribution in [0.5, 0.6) is 0 Å². The number of rotatable bonds is 6. The van der Waals surface area contributed by atoms with Gasteiger partial charge in [-0.2, -0.15) is 5.10 Å². The molecule has 1 aromatic heterocycles. The van der Waals surface area contributed by atoms with Crippen molar-refractivity contribution in [3.63, 3.8) is 0 Å². The van der Waals surface area contributed by atoms with Crippen LogP contribution in [0.2, 0.25) is 0 Å². The van der Waals surface area contributed by atoms with E-state index in [-0.39, 0.29) is 11.5 Å². The third-order valence-electron chi connectivity index (χ3n) is 3.43. The second-order valence-electron chi connectivity index (χ2n) is 4.81. The zero-order valence-electron chi connectivity index (χ0n) is 10.7. The first-order valence-electron chi connectivity index (χ1n) is 5.84. The second kappa shape index (κ2) is 5.46. The first kappa shape index (κ1) is 13.2. The van der Waals surface area contributed by atoms with Crippen LogP contribution in [-0.4, -0.2) is 27.5 Å². The highest BCUT2D eigenvalue weighted by Gasteiger charge is 2.27. The minimum absolute atomic E-state index is 0.0534. The molecule has 1 heterocycles. The van der Waals surface area contributed by atoms with Gasteiger partial charge < -0.3 is 10.4 Å². The Kier molecular flexibility index (Phi) is 4.50. The van der Waals surface area contributed by atoms with Gasteiger partial charge in [0.05, 0.1) is 12.3 Å². The van der Waals surface area contributed by atoms with Gasteiger partial charge in [0.25, 0.3) is 0 Å². The molecule has 2 N–H and O–H groups in total. The van der Waals surface area contributed by atoms with Gasteiger partial charge in [0.15, 0.2) is 0 Å². The van der Waals surface area contributed by atoms with Gasteiger partial charge in [0.1, 0.15) is 0 Å². The summed E-state index contributed by atoms with van der Waals surface area (Å²) in [4.78, 5) is 0. The van der Waals surface area contributed by atoms with Crippen molar-refractivity contribution in [2.24, 2.45) is 12.5 Å². The van der Waals surface area contributed by atoms with Gasteiger partial charge >= 0.3 is 0 Å². The Morgan fingerprint density at radius 1 is 1.62 bits per heavy atom. The molecule has 0 aromatic carbocycles. The fourth-order valence-corrected chi connectivity index (χ4v) is 1.62. The molecular weight excluding hydrogens is 202 g/mol. The fourth-order valence-electron chi connectivity index (χ4n) is 1.62. The van der Waals surface area contributed by atoms with Crippen LogP contribution >= 0.6 is 0 Å². The van der Waals surface area contributed by atoms with E-state index in [4.69, 9.17) is 0 Å². The van der Waals surface area contributed by atoms with Crippen molar-refractivity contribution in [1.29, 1.82) is 0 Å². The molecule has 0 radical (unpaired) electrons. The summed E-state index contributed by atoms with van der Waals surface area (Å²) in [6.07, 6.45) is 4.53. The summed E-state index contributed by atoms with van der Waals surface area (Å²) in [6.45, 7) is 7.69. The Bertz CT molecular complexity index is 322. The molecule has 16 heavy (non-hydrogen) atoms. The van der Waals surface area contributed by atoms with Crippen molar-refractivity contribution in [2.75, 3.05) is 6.54 Å². The number of aliphatic hydroxyl groups is 1. The first-order chi connectivity index (χ1) is 7.48. The Morgan fingerprint density at radius 3 is 2.75 bits per heavy atom. The monoisotopic (exact) mass is 225 g/mol. The Balaban J connectivity index is 2.39. The lowest BCUT2D eigenvalue weighted by molar-refractivity contribution is 0.0489. The van der Waals surface area contributed by atoms with Crippen molar-refractivity contribution >= 4 is 0 Å². The Labute approximate surface area is 97.7 Å². The minimum atomic E-state index is -0.293. The number of aryl methyl sites for hydroxylation is 1. The number of nitrogens with zero attached hydrogens (tertiary/aromatic N) is 2. The molecule has 0 aliphatic rings. The second-order valence-corrected chi connectivity index (χ2v) is 4.81. The first-order valence-corrected chi connectivity index (χ1v) is 5.84. The zero-order chi connectivity index (χ0) is 12.2. The quantitative estimate of drug-likeness (QED) is 0.767. The SMILES string of the molecule is CCC(C)(CNCc1cnn(C)c1)C(C)O. The third-order valence-corrected chi connectivity index (χ3v) is 3.43. The molecule has 4 nitrogen and oxygen atoms in total. The van der Waals surface area contributed by atoms with Gasteiger partial charge in [-0.1, -0.05) is 13.8 Å². The molecule has 0 aliphatic heterocycles. The van der Waals surface area contributed by atoms with Crippen LogP contribution in [0, 0.1) is 5.41 Å². The van der Waals surface area contributed by atoms with Crippen LogP contribution < -0.4 is 5.32 Å². The van der Waals surface area contributed by atoms with Crippen molar-refractivity contribution in [3.05, 3.63) is 18.0 Å². The highest BCUT2D eigenvalue weighted by molar-refractivity contribution is 5.03. The van der Waals surface area contributed by atoms with Gasteiger partial charge in [-0.05, 0) is 13.3 Å². The highest BCUT2D eigenvalue weighted by Crippen LogP contribution is 2.24. The van der Waals surface area contributed by atoms with Crippen LogP contribution in [0.1, 0.15) is 32.8 Å². The van der Waals surface area contributed by atoms with E-state index < -0.39 is 0 Å². The summed E-state index contributed by atoms with van der Waals surface area (Å²) in [5.41, 5.74) is 1.12. The normalized spacial score (nSPS) is 17.1. The summed E-state index contributed by atoms with van der Waals surface area (Å²) in [5, 5.41) is 17.2. The van der Waals surface area contributed by atoms with Gasteiger partial charge in [-0.15, -0.1) is 0 Å². The van der Waals surface area contributed by atoms with E-state index >= 15 is 0 Å². The van der Waals surface area contributed by atoms with Crippen molar-refractivity contribution in [2.45, 2.75) is 39.8 Å². The van der Waals surface area contributed by atoms with Crippen LogP contribution in [0.3, 0.4) is 0 Å². The molecule has 0 spiro atoms. The van der Waals surface area contributed by atoms with Gasteiger partial charge in [0.2, 0.25) is 0 Å². The molecule has 0 aliphatic carbocycles. The molecule has 0 amide bonds. The average molecular weight is 225 g/mol. The summed E-state index contributed by atoms with van der Waals surface area (Å²) in [5.74, 6) is 0. The van der Waals surface area contributed by atoms with Crippen molar-refractivity contribution < 1.29 is 5.11 Å². The standard InChI is InChI=1S/C12H23N3O/c1-5-12(3,10(2)16)9-13-6-11-7-14-15(4)8-11/h7-8,10,13,16H,5-6,9H2,1-4H3. The molecule has 1 rings (SSSR count). The molecule has 0 saturated heterocycles. The zero-order valence-corrected chi connectivity index (χ0v) is 10.7. The van der Waals surface area contributed by atoms with E-state index in [0.717, 1.165) is 19.5 Å². The molecule has 1 aromatic rings. The lowest BCUT2D eigenvalue weighted by Crippen LogP contribution is -2.39. The fraction of sp³-hybridized carbons (Fsp3) is 0.750. The minimum Gasteiger partial charge on any atom is -0.393 e. The lowest BCUT2D eigenvalue weighted by atomic mass is 9.82. The van der Waals surface area contributed by atoms with Gasteiger partial charge in [-0.25, -0.2) is 0 Å². The summed E-state index contributed by atoms with van der Waals surface area (Å²) in [6, 6.07) is 0. The maximum absolute atomic E-state index is 9.72. The number of aliphatic hydroxyl groups excluding tert-OH is 1. The van der Waals surface area contributed by atoms with Crippen LogP contribution in [0.25, 0.3) is 0 Å². The molecule has 2 atom stereocenters. The molecule has 0 fully saturated rings. The largest absolute Gasteiger partial charge is 0.393 e. The van der Waals surface area contributed by atoms with Crippen molar-refractivity contribution in [1.82, 2.24) is 15.1 Å². The molecule has 0 saturated carbocycles. The van der Waals surface area contributed by atoms with Crippen molar-refractivity contribution in [3.8, 4) is 0 Å². The van der Waals surface area contributed by atoms with E-state index in [1.165, 1.54) is 5.56 Å². The molecule has 0 bridgehead atoms. The molecule has 2 unspecified atom stereocenters. The predicted octanol–water partition coefficient (Wildman–Crippen LogP) is 1.31. The van der Waals surface area contributed by atoms with E-state index in [1.54, 1.807) is 4.68 Å². The lowest BCUT2D eigenvalue weighted by Gasteiger charge is -2.31. The predicted molar refractivity (Wildman–Crippen MR) is 65.0 cm³/mol.